The number of nitrogens with one attached hydrogen (secondary N) is 1. The predicted molar refractivity (Wildman–Crippen MR) is 84.5 cm³/mol. The summed E-state index contributed by atoms with van der Waals surface area (Å²) in [6, 6.07) is 6.36. The molecule has 1 aliphatic heterocycles. The molecule has 0 radical (unpaired) electrons. The van der Waals surface area contributed by atoms with Gasteiger partial charge in [-0.15, -0.1) is 12.4 Å². The molecule has 1 amide bonds. The second kappa shape index (κ2) is 7.48. The molecule has 122 valence electrons. The molecule has 1 unspecified atom stereocenters. The lowest BCUT2D eigenvalue weighted by Crippen LogP contribution is -2.48. The maximum atomic E-state index is 13.3. The Morgan fingerprint density at radius 1 is 1.26 bits per heavy atom. The molecular formula is C16H16ClF2N3O. The van der Waals surface area contributed by atoms with E-state index in [9.17, 15) is 13.6 Å². The van der Waals surface area contributed by atoms with Gasteiger partial charge < -0.3 is 10.2 Å². The molecule has 1 saturated heterocycles. The summed E-state index contributed by atoms with van der Waals surface area (Å²) in [5, 5.41) is 3.22. The van der Waals surface area contributed by atoms with Gasteiger partial charge in [0.1, 0.15) is 11.6 Å². The molecule has 4 nitrogen and oxygen atoms in total. The standard InChI is InChI=1S/C16H15F2N3O.ClH/c17-13-6-12(7-14(18)8-13)16(22)21-5-4-20-10-15(21)11-2-1-3-19-9-11;/h1-3,6-9,15,20H,4-5,10H2;1H. The van der Waals surface area contributed by atoms with Gasteiger partial charge in [0.2, 0.25) is 0 Å². The highest BCUT2D eigenvalue weighted by atomic mass is 35.5. The Balaban J connectivity index is 0.00000192. The minimum absolute atomic E-state index is 0. The van der Waals surface area contributed by atoms with Crippen LogP contribution in [0.3, 0.4) is 0 Å². The van der Waals surface area contributed by atoms with Gasteiger partial charge in [-0.3, -0.25) is 9.78 Å². The quantitative estimate of drug-likeness (QED) is 0.914. The molecule has 1 fully saturated rings. The van der Waals surface area contributed by atoms with Crippen molar-refractivity contribution in [2.45, 2.75) is 6.04 Å². The fourth-order valence-corrected chi connectivity index (χ4v) is 2.66. The van der Waals surface area contributed by atoms with E-state index in [-0.39, 0.29) is 29.9 Å². The summed E-state index contributed by atoms with van der Waals surface area (Å²) in [5.41, 5.74) is 0.910. The van der Waals surface area contributed by atoms with Crippen molar-refractivity contribution >= 4 is 18.3 Å². The number of rotatable bonds is 2. The minimum Gasteiger partial charge on any atom is -0.329 e. The van der Waals surface area contributed by atoms with Crippen LogP contribution in [0.1, 0.15) is 22.0 Å². The van der Waals surface area contributed by atoms with Crippen molar-refractivity contribution < 1.29 is 13.6 Å². The molecule has 0 aliphatic carbocycles. The van der Waals surface area contributed by atoms with Gasteiger partial charge >= 0.3 is 0 Å². The SMILES string of the molecule is Cl.O=C(c1cc(F)cc(F)c1)N1CCNCC1c1cccnc1. The van der Waals surface area contributed by atoms with E-state index < -0.39 is 11.6 Å². The lowest BCUT2D eigenvalue weighted by atomic mass is 10.0. The Kier molecular flexibility index (Phi) is 5.63. The molecule has 2 heterocycles. The molecule has 0 spiro atoms. The Morgan fingerprint density at radius 3 is 2.65 bits per heavy atom. The average Bonchev–Trinajstić information content (AvgIpc) is 2.54. The number of carbonyl (C=O) groups excluding carboxylic acids is 1. The molecular weight excluding hydrogens is 324 g/mol. The van der Waals surface area contributed by atoms with Crippen molar-refractivity contribution in [2.75, 3.05) is 19.6 Å². The zero-order valence-corrected chi connectivity index (χ0v) is 13.0. The zero-order chi connectivity index (χ0) is 15.5. The van der Waals surface area contributed by atoms with E-state index in [0.29, 0.717) is 19.6 Å². The minimum atomic E-state index is -0.753. The summed E-state index contributed by atoms with van der Waals surface area (Å²) in [6.45, 7) is 1.69. The number of benzene rings is 1. The van der Waals surface area contributed by atoms with Gasteiger partial charge in [0.15, 0.2) is 0 Å². The summed E-state index contributed by atoms with van der Waals surface area (Å²) in [6.07, 6.45) is 3.36. The first-order valence-corrected chi connectivity index (χ1v) is 7.03. The molecule has 7 heteroatoms. The molecule has 3 rings (SSSR count). The number of hydrogen-bond acceptors (Lipinski definition) is 3. The van der Waals surface area contributed by atoms with Crippen LogP contribution < -0.4 is 5.32 Å². The van der Waals surface area contributed by atoms with Gasteiger partial charge in [0.25, 0.3) is 5.91 Å². The van der Waals surface area contributed by atoms with Crippen LogP contribution in [0, 0.1) is 11.6 Å². The van der Waals surface area contributed by atoms with Gasteiger partial charge in [-0.2, -0.15) is 0 Å². The lowest BCUT2D eigenvalue weighted by Gasteiger charge is -2.36. The maximum absolute atomic E-state index is 13.3. The second-order valence-electron chi connectivity index (χ2n) is 5.16. The molecule has 1 aromatic carbocycles. The summed E-state index contributed by atoms with van der Waals surface area (Å²) >= 11 is 0. The summed E-state index contributed by atoms with van der Waals surface area (Å²) in [4.78, 5) is 18.3. The van der Waals surface area contributed by atoms with Crippen molar-refractivity contribution in [1.29, 1.82) is 0 Å². The van der Waals surface area contributed by atoms with E-state index in [2.05, 4.69) is 10.3 Å². The number of pyridine rings is 1. The van der Waals surface area contributed by atoms with Gasteiger partial charge in [-0.1, -0.05) is 6.07 Å². The highest BCUT2D eigenvalue weighted by Gasteiger charge is 2.29. The van der Waals surface area contributed by atoms with Gasteiger partial charge in [0.05, 0.1) is 6.04 Å². The van der Waals surface area contributed by atoms with Crippen LogP contribution >= 0.6 is 12.4 Å². The molecule has 1 atom stereocenters. The van der Waals surface area contributed by atoms with Crippen LogP contribution in [-0.2, 0) is 0 Å². The summed E-state index contributed by atoms with van der Waals surface area (Å²) < 4.78 is 26.7. The van der Waals surface area contributed by atoms with Crippen LogP contribution in [0.4, 0.5) is 8.78 Å². The van der Waals surface area contributed by atoms with Crippen molar-refractivity contribution in [3.05, 3.63) is 65.5 Å². The second-order valence-corrected chi connectivity index (χ2v) is 5.16. The topological polar surface area (TPSA) is 45.2 Å². The zero-order valence-electron chi connectivity index (χ0n) is 12.2. The first-order valence-electron chi connectivity index (χ1n) is 7.03. The number of nitrogens with zero attached hydrogens (tertiary/aromatic N) is 2. The number of aromatic nitrogens is 1. The van der Waals surface area contributed by atoms with Crippen molar-refractivity contribution in [1.82, 2.24) is 15.2 Å². The van der Waals surface area contributed by atoms with Crippen LogP contribution in [0.25, 0.3) is 0 Å². The van der Waals surface area contributed by atoms with E-state index >= 15 is 0 Å². The van der Waals surface area contributed by atoms with E-state index in [4.69, 9.17) is 0 Å². The highest BCUT2D eigenvalue weighted by molar-refractivity contribution is 5.94. The fourth-order valence-electron chi connectivity index (χ4n) is 2.66. The summed E-state index contributed by atoms with van der Waals surface area (Å²) in [7, 11) is 0. The molecule has 1 N–H and O–H groups in total. The van der Waals surface area contributed by atoms with E-state index in [1.54, 1.807) is 23.4 Å². The fraction of sp³-hybridized carbons (Fsp3) is 0.250. The third kappa shape index (κ3) is 3.83. The molecule has 2 aromatic rings. The highest BCUT2D eigenvalue weighted by Crippen LogP contribution is 2.24. The van der Waals surface area contributed by atoms with Crippen LogP contribution in [0.2, 0.25) is 0 Å². The van der Waals surface area contributed by atoms with Crippen LogP contribution in [0.5, 0.6) is 0 Å². The Bertz CT molecular complexity index is 664. The molecule has 0 saturated carbocycles. The maximum Gasteiger partial charge on any atom is 0.254 e. The van der Waals surface area contributed by atoms with E-state index in [1.165, 1.54) is 0 Å². The smallest absolute Gasteiger partial charge is 0.254 e. The Hall–Kier alpha value is -2.05. The monoisotopic (exact) mass is 339 g/mol. The van der Waals surface area contributed by atoms with E-state index in [0.717, 1.165) is 23.8 Å². The van der Waals surface area contributed by atoms with Crippen molar-refractivity contribution in [2.24, 2.45) is 0 Å². The molecule has 23 heavy (non-hydrogen) atoms. The largest absolute Gasteiger partial charge is 0.329 e. The Morgan fingerprint density at radius 2 is 2.00 bits per heavy atom. The van der Waals surface area contributed by atoms with Crippen molar-refractivity contribution in [3.63, 3.8) is 0 Å². The van der Waals surface area contributed by atoms with E-state index in [1.807, 2.05) is 6.07 Å². The third-order valence-electron chi connectivity index (χ3n) is 3.68. The van der Waals surface area contributed by atoms with Gasteiger partial charge in [-0.25, -0.2) is 8.78 Å². The molecule has 1 aromatic heterocycles. The number of piperazine rings is 1. The average molecular weight is 340 g/mol. The first-order chi connectivity index (χ1) is 10.6. The number of carbonyl (C=O) groups is 1. The number of amides is 1. The van der Waals surface area contributed by atoms with Gasteiger partial charge in [-0.05, 0) is 23.8 Å². The van der Waals surface area contributed by atoms with Crippen LogP contribution in [0.15, 0.2) is 42.7 Å². The number of halogens is 3. The van der Waals surface area contributed by atoms with Crippen molar-refractivity contribution in [3.8, 4) is 0 Å². The third-order valence-corrected chi connectivity index (χ3v) is 3.68. The predicted octanol–water partition coefficient (Wildman–Crippen LogP) is 2.57. The molecule has 0 bridgehead atoms. The Labute approximate surface area is 138 Å². The van der Waals surface area contributed by atoms with Gasteiger partial charge in [0, 0.05) is 43.7 Å². The lowest BCUT2D eigenvalue weighted by molar-refractivity contribution is 0.0633. The normalized spacial score (nSPS) is 17.5. The number of hydrogen-bond donors (Lipinski definition) is 1. The first kappa shape index (κ1) is 17.3. The molecule has 1 aliphatic rings. The summed E-state index contributed by atoms with van der Waals surface area (Å²) in [5.74, 6) is -1.89. The van der Waals surface area contributed by atoms with Crippen LogP contribution in [-0.4, -0.2) is 35.4 Å².